The minimum atomic E-state index is -4.81. The number of alkyl halides is 3. The van der Waals surface area contributed by atoms with Gasteiger partial charge in [0.05, 0.1) is 5.56 Å². The summed E-state index contributed by atoms with van der Waals surface area (Å²) < 4.78 is 70.2. The van der Waals surface area contributed by atoms with E-state index in [1.165, 1.54) is 18.2 Å². The monoisotopic (exact) mass is 384 g/mol. The number of hydrogen-bond donors (Lipinski definition) is 0. The summed E-state index contributed by atoms with van der Waals surface area (Å²) >= 11 is 0. The van der Waals surface area contributed by atoms with Crippen molar-refractivity contribution in [1.29, 1.82) is 0 Å². The molecule has 1 atom stereocenters. The maximum Gasteiger partial charge on any atom is 0.573 e. The smallest absolute Gasteiger partial charge is 0.406 e. The highest BCUT2D eigenvalue weighted by atomic mass is 19.4. The average Bonchev–Trinajstić information content (AvgIpc) is 2.60. The molecule has 6 heteroatoms. The molecule has 0 fully saturated rings. The molecule has 2 aromatic carbocycles. The van der Waals surface area contributed by atoms with Crippen molar-refractivity contribution in [3.63, 3.8) is 0 Å². The lowest BCUT2D eigenvalue weighted by Crippen LogP contribution is -2.17. The molecule has 0 saturated carbocycles. The lowest BCUT2D eigenvalue weighted by molar-refractivity contribution is -0.274. The summed E-state index contributed by atoms with van der Waals surface area (Å²) in [5.74, 6) is -1.28. The standard InChI is InChI=1S/C21H21F5O/c1-2-3-4-13-5-10-17-15(11-13)12-18(22)19(20(17)23)14-6-8-16(9-7-14)27-21(24,25)26/h6-9,12-13H,2-5,10-11H2,1H3. The van der Waals surface area contributed by atoms with Crippen molar-refractivity contribution < 1.29 is 26.7 Å². The largest absolute Gasteiger partial charge is 0.573 e. The first kappa shape index (κ1) is 19.6. The Kier molecular flexibility index (Phi) is 5.72. The Bertz CT molecular complexity index is 796. The highest BCUT2D eigenvalue weighted by Crippen LogP contribution is 2.37. The van der Waals surface area contributed by atoms with Crippen molar-refractivity contribution in [2.24, 2.45) is 5.92 Å². The third kappa shape index (κ3) is 4.60. The zero-order chi connectivity index (χ0) is 19.6. The Balaban J connectivity index is 1.87. The lowest BCUT2D eigenvalue weighted by Gasteiger charge is -2.26. The second-order valence-corrected chi connectivity index (χ2v) is 7.01. The van der Waals surface area contributed by atoms with E-state index in [1.54, 1.807) is 0 Å². The van der Waals surface area contributed by atoms with Crippen molar-refractivity contribution >= 4 is 0 Å². The quantitative estimate of drug-likeness (QED) is 0.514. The van der Waals surface area contributed by atoms with Gasteiger partial charge in [0.25, 0.3) is 0 Å². The molecule has 1 nitrogen and oxygen atoms in total. The van der Waals surface area contributed by atoms with Crippen molar-refractivity contribution in [3.8, 4) is 16.9 Å². The SMILES string of the molecule is CCCCC1CCc2c(cc(F)c(-c3ccc(OC(F)(F)F)cc3)c2F)C1. The molecule has 1 unspecified atom stereocenters. The first-order chi connectivity index (χ1) is 12.8. The predicted molar refractivity (Wildman–Crippen MR) is 93.5 cm³/mol. The topological polar surface area (TPSA) is 9.23 Å². The van der Waals surface area contributed by atoms with Crippen LogP contribution in [-0.2, 0) is 12.8 Å². The highest BCUT2D eigenvalue weighted by Gasteiger charge is 2.31. The highest BCUT2D eigenvalue weighted by molar-refractivity contribution is 5.67. The van der Waals surface area contributed by atoms with Crippen LogP contribution in [0.4, 0.5) is 22.0 Å². The van der Waals surface area contributed by atoms with Crippen molar-refractivity contribution in [3.05, 3.63) is 53.1 Å². The Morgan fingerprint density at radius 1 is 1.11 bits per heavy atom. The van der Waals surface area contributed by atoms with Crippen LogP contribution in [-0.4, -0.2) is 6.36 Å². The zero-order valence-electron chi connectivity index (χ0n) is 15.0. The van der Waals surface area contributed by atoms with Gasteiger partial charge in [-0.15, -0.1) is 13.2 Å². The summed E-state index contributed by atoms with van der Waals surface area (Å²) in [5, 5.41) is 0. The molecule has 0 radical (unpaired) electrons. The van der Waals surface area contributed by atoms with E-state index < -0.39 is 23.7 Å². The van der Waals surface area contributed by atoms with Gasteiger partial charge in [0.15, 0.2) is 0 Å². The van der Waals surface area contributed by atoms with Gasteiger partial charge in [0.2, 0.25) is 0 Å². The van der Waals surface area contributed by atoms with Crippen LogP contribution in [0, 0.1) is 17.6 Å². The van der Waals surface area contributed by atoms with Crippen LogP contribution in [0.3, 0.4) is 0 Å². The van der Waals surface area contributed by atoms with Crippen molar-refractivity contribution in [1.82, 2.24) is 0 Å². The van der Waals surface area contributed by atoms with Crippen LogP contribution in [0.15, 0.2) is 30.3 Å². The van der Waals surface area contributed by atoms with Gasteiger partial charge in [-0.1, -0.05) is 38.3 Å². The van der Waals surface area contributed by atoms with Crippen molar-refractivity contribution in [2.75, 3.05) is 0 Å². The van der Waals surface area contributed by atoms with E-state index in [-0.39, 0.29) is 11.1 Å². The van der Waals surface area contributed by atoms with E-state index in [1.807, 2.05) is 0 Å². The number of fused-ring (bicyclic) bond motifs is 1. The summed E-state index contributed by atoms with van der Waals surface area (Å²) in [6, 6.07) is 5.97. The molecule has 0 amide bonds. The molecule has 0 aromatic heterocycles. The third-order valence-corrected chi connectivity index (χ3v) is 5.07. The number of rotatable bonds is 5. The Morgan fingerprint density at radius 3 is 2.44 bits per heavy atom. The van der Waals surface area contributed by atoms with Crippen molar-refractivity contribution in [2.45, 2.75) is 51.8 Å². The summed E-state index contributed by atoms with van der Waals surface area (Å²) in [7, 11) is 0. The van der Waals surface area contributed by atoms with Gasteiger partial charge in [-0.05, 0) is 60.1 Å². The number of ether oxygens (including phenoxy) is 1. The molecule has 0 spiro atoms. The number of halogens is 5. The fourth-order valence-electron chi connectivity index (χ4n) is 3.75. The van der Waals surface area contributed by atoms with E-state index >= 15 is 4.39 Å². The summed E-state index contributed by atoms with van der Waals surface area (Å²) in [6.45, 7) is 2.12. The molecule has 146 valence electrons. The second kappa shape index (κ2) is 7.87. The van der Waals surface area contributed by atoms with Crippen LogP contribution in [0.5, 0.6) is 5.75 Å². The van der Waals surface area contributed by atoms with Gasteiger partial charge in [0, 0.05) is 0 Å². The van der Waals surface area contributed by atoms with Crippen LogP contribution < -0.4 is 4.74 Å². The number of unbranched alkanes of at least 4 members (excludes halogenated alkanes) is 1. The molecule has 0 bridgehead atoms. The van der Waals surface area contributed by atoms with Gasteiger partial charge in [0.1, 0.15) is 17.4 Å². The van der Waals surface area contributed by atoms with Gasteiger partial charge in [-0.3, -0.25) is 0 Å². The Labute approximate surface area is 155 Å². The van der Waals surface area contributed by atoms with Crippen LogP contribution in [0.1, 0.15) is 43.7 Å². The average molecular weight is 384 g/mol. The molecule has 1 aliphatic carbocycles. The fraction of sp³-hybridized carbons (Fsp3) is 0.429. The van der Waals surface area contributed by atoms with Gasteiger partial charge >= 0.3 is 6.36 Å². The van der Waals surface area contributed by atoms with E-state index in [9.17, 15) is 17.6 Å². The third-order valence-electron chi connectivity index (χ3n) is 5.07. The minimum Gasteiger partial charge on any atom is -0.406 e. The Hall–Kier alpha value is -2.11. The maximum atomic E-state index is 15.0. The fourth-order valence-corrected chi connectivity index (χ4v) is 3.75. The summed E-state index contributed by atoms with van der Waals surface area (Å²) in [4.78, 5) is 0. The molecule has 27 heavy (non-hydrogen) atoms. The second-order valence-electron chi connectivity index (χ2n) is 7.01. The normalized spacial score (nSPS) is 16.9. The predicted octanol–water partition coefficient (Wildman–Crippen LogP) is 6.83. The number of hydrogen-bond acceptors (Lipinski definition) is 1. The molecular formula is C21H21F5O. The van der Waals surface area contributed by atoms with Crippen LogP contribution in [0.25, 0.3) is 11.1 Å². The molecular weight excluding hydrogens is 363 g/mol. The van der Waals surface area contributed by atoms with Gasteiger partial charge in [-0.25, -0.2) is 8.78 Å². The molecule has 3 rings (SSSR count). The van der Waals surface area contributed by atoms with E-state index in [0.717, 1.165) is 37.8 Å². The molecule has 2 aromatic rings. The Morgan fingerprint density at radius 2 is 1.81 bits per heavy atom. The minimum absolute atomic E-state index is 0.190. The summed E-state index contributed by atoms with van der Waals surface area (Å²) in [5.41, 5.74) is 1.22. The summed E-state index contributed by atoms with van der Waals surface area (Å²) in [6.07, 6.45) is 0.543. The zero-order valence-corrected chi connectivity index (χ0v) is 15.0. The van der Waals surface area contributed by atoms with E-state index in [2.05, 4.69) is 11.7 Å². The number of benzene rings is 2. The van der Waals surface area contributed by atoms with E-state index in [4.69, 9.17) is 0 Å². The van der Waals surface area contributed by atoms with Crippen LogP contribution in [0.2, 0.25) is 0 Å². The lowest BCUT2D eigenvalue weighted by atomic mass is 9.80. The molecule has 0 N–H and O–H groups in total. The maximum absolute atomic E-state index is 15.0. The molecule has 0 heterocycles. The molecule has 0 aliphatic heterocycles. The van der Waals surface area contributed by atoms with E-state index in [0.29, 0.717) is 29.9 Å². The van der Waals surface area contributed by atoms with Gasteiger partial charge < -0.3 is 4.74 Å². The molecule has 0 saturated heterocycles. The van der Waals surface area contributed by atoms with Crippen LogP contribution >= 0.6 is 0 Å². The first-order valence-electron chi connectivity index (χ1n) is 9.14. The van der Waals surface area contributed by atoms with Gasteiger partial charge in [-0.2, -0.15) is 0 Å². The molecule has 1 aliphatic rings. The first-order valence-corrected chi connectivity index (χ1v) is 9.14.